The first-order valence-corrected chi connectivity index (χ1v) is 17.4. The number of fused-ring (bicyclic) bond motifs is 1. The van der Waals surface area contributed by atoms with Gasteiger partial charge in [-0.25, -0.2) is 25.6 Å². The van der Waals surface area contributed by atoms with Gasteiger partial charge in [0.2, 0.25) is 20.0 Å². The summed E-state index contributed by atoms with van der Waals surface area (Å²) in [6.45, 7) is 4.14. The van der Waals surface area contributed by atoms with Crippen molar-refractivity contribution in [1.82, 2.24) is 29.0 Å². The van der Waals surface area contributed by atoms with Crippen LogP contribution in [0.3, 0.4) is 0 Å². The van der Waals surface area contributed by atoms with E-state index >= 15 is 0 Å². The zero-order chi connectivity index (χ0) is 30.0. The van der Waals surface area contributed by atoms with Gasteiger partial charge in [-0.15, -0.1) is 10.2 Å². The van der Waals surface area contributed by atoms with Crippen LogP contribution in [0.5, 0.6) is 0 Å². The lowest BCUT2D eigenvalue weighted by Gasteiger charge is -2.28. The average Bonchev–Trinajstić information content (AvgIpc) is 3.84. The number of alkyl halides is 2. The van der Waals surface area contributed by atoms with Crippen LogP contribution < -0.4 is 4.72 Å². The molecule has 3 aromatic rings. The van der Waals surface area contributed by atoms with Crippen LogP contribution in [0.25, 0.3) is 27.2 Å². The van der Waals surface area contributed by atoms with Gasteiger partial charge in [0.15, 0.2) is 10.0 Å². The summed E-state index contributed by atoms with van der Waals surface area (Å²) in [6.07, 6.45) is 2.12. The molecule has 3 heterocycles. The van der Waals surface area contributed by atoms with Gasteiger partial charge in [-0.2, -0.15) is 19.4 Å². The van der Waals surface area contributed by atoms with Crippen LogP contribution in [-0.2, 0) is 26.6 Å². The predicted molar refractivity (Wildman–Crippen MR) is 152 cm³/mol. The molecule has 0 unspecified atom stereocenters. The van der Waals surface area contributed by atoms with Crippen LogP contribution in [0.15, 0.2) is 23.1 Å². The number of rotatable bonds is 10. The fourth-order valence-corrected chi connectivity index (χ4v) is 8.40. The van der Waals surface area contributed by atoms with Gasteiger partial charge in [0.1, 0.15) is 11.2 Å². The van der Waals surface area contributed by atoms with Crippen molar-refractivity contribution in [2.45, 2.75) is 74.6 Å². The van der Waals surface area contributed by atoms with E-state index in [0.29, 0.717) is 59.5 Å². The van der Waals surface area contributed by atoms with E-state index in [1.807, 2.05) is 6.07 Å². The lowest BCUT2D eigenvalue weighted by molar-refractivity contribution is 0.150. The van der Waals surface area contributed by atoms with E-state index in [1.165, 1.54) is 16.4 Å². The molecule has 0 atom stereocenters. The van der Waals surface area contributed by atoms with Gasteiger partial charge in [0, 0.05) is 30.6 Å². The fraction of sp³-hybridized carbons (Fsp3) is 0.538. The molecule has 42 heavy (non-hydrogen) atoms. The summed E-state index contributed by atoms with van der Waals surface area (Å²) >= 11 is 0.697. The SMILES string of the molecule is CC(C)S(=O)(=O)N1CC=C(c2cc(S(=O)(=O)NC3(C#N)CC3)cc3c(-c4nnc(C(F)F)s4)nn(CC4CC4)c23)CC1. The van der Waals surface area contributed by atoms with E-state index in [2.05, 4.69) is 14.9 Å². The molecule has 2 aliphatic carbocycles. The molecular formula is C26H29F2N7O4S3. The maximum atomic E-state index is 13.6. The average molecular weight is 638 g/mol. The number of halogens is 2. The smallest absolute Gasteiger partial charge is 0.263 e. The number of aromatic nitrogens is 4. The molecule has 0 amide bonds. The Morgan fingerprint density at radius 1 is 1.19 bits per heavy atom. The molecule has 0 spiro atoms. The third kappa shape index (κ3) is 5.37. The molecule has 1 aliphatic heterocycles. The maximum Gasteiger partial charge on any atom is 0.291 e. The molecule has 6 rings (SSSR count). The van der Waals surface area contributed by atoms with E-state index in [9.17, 15) is 30.9 Å². The quantitative estimate of drug-likeness (QED) is 0.350. The third-order valence-electron chi connectivity index (χ3n) is 7.85. The van der Waals surface area contributed by atoms with E-state index in [1.54, 1.807) is 24.6 Å². The predicted octanol–water partition coefficient (Wildman–Crippen LogP) is 4.06. The van der Waals surface area contributed by atoms with Gasteiger partial charge in [-0.05, 0) is 69.6 Å². The number of nitrogens with zero attached hydrogens (tertiary/aromatic N) is 6. The number of hydrogen-bond donors (Lipinski definition) is 1. The highest BCUT2D eigenvalue weighted by atomic mass is 32.2. The molecular weight excluding hydrogens is 609 g/mol. The Bertz CT molecular complexity index is 1850. The van der Waals surface area contributed by atoms with Crippen LogP contribution in [0, 0.1) is 17.2 Å². The normalized spacial score (nSPS) is 19.4. The van der Waals surface area contributed by atoms with E-state index < -0.39 is 42.3 Å². The summed E-state index contributed by atoms with van der Waals surface area (Å²) in [5.41, 5.74) is 1.03. The van der Waals surface area contributed by atoms with Crippen molar-refractivity contribution >= 4 is 47.9 Å². The fourth-order valence-electron chi connectivity index (χ4n) is 5.05. The minimum Gasteiger partial charge on any atom is -0.263 e. The van der Waals surface area contributed by atoms with Crippen molar-refractivity contribution in [3.05, 3.63) is 28.8 Å². The second kappa shape index (κ2) is 10.4. The maximum absolute atomic E-state index is 13.6. The van der Waals surface area contributed by atoms with E-state index in [0.717, 1.165) is 18.4 Å². The molecule has 2 fully saturated rings. The number of hydrogen-bond acceptors (Lipinski definition) is 9. The molecule has 3 aliphatic rings. The Balaban J connectivity index is 1.54. The van der Waals surface area contributed by atoms with Gasteiger partial charge in [-0.3, -0.25) is 4.68 Å². The zero-order valence-corrected chi connectivity index (χ0v) is 25.4. The minimum atomic E-state index is -4.17. The van der Waals surface area contributed by atoms with Crippen molar-refractivity contribution in [3.8, 4) is 16.8 Å². The van der Waals surface area contributed by atoms with Crippen molar-refractivity contribution in [2.24, 2.45) is 5.92 Å². The Labute approximate surface area is 246 Å². The molecule has 0 saturated heterocycles. The Hall–Kier alpha value is -2.84. The van der Waals surface area contributed by atoms with Gasteiger partial charge in [0.25, 0.3) is 6.43 Å². The van der Waals surface area contributed by atoms with Crippen LogP contribution in [0.4, 0.5) is 8.78 Å². The van der Waals surface area contributed by atoms with Gasteiger partial charge in [-0.1, -0.05) is 17.4 Å². The molecule has 16 heteroatoms. The van der Waals surface area contributed by atoms with Gasteiger partial charge in [0.05, 0.1) is 21.7 Å². The van der Waals surface area contributed by atoms with Gasteiger partial charge >= 0.3 is 0 Å². The van der Waals surface area contributed by atoms with Crippen LogP contribution in [-0.4, -0.2) is 65.0 Å². The molecule has 0 radical (unpaired) electrons. The summed E-state index contributed by atoms with van der Waals surface area (Å²) in [4.78, 5) is -0.101. The highest BCUT2D eigenvalue weighted by Crippen LogP contribution is 2.42. The molecule has 1 aromatic carbocycles. The van der Waals surface area contributed by atoms with Crippen LogP contribution in [0.2, 0.25) is 0 Å². The molecule has 11 nitrogen and oxygen atoms in total. The lowest BCUT2D eigenvalue weighted by Crippen LogP contribution is -2.39. The summed E-state index contributed by atoms with van der Waals surface area (Å²) < 4.78 is 85.3. The first-order chi connectivity index (χ1) is 19.8. The van der Waals surface area contributed by atoms with Crippen LogP contribution in [0.1, 0.15) is 62.9 Å². The largest absolute Gasteiger partial charge is 0.291 e. The number of benzene rings is 1. The highest BCUT2D eigenvalue weighted by Gasteiger charge is 2.47. The topological polar surface area (TPSA) is 151 Å². The van der Waals surface area contributed by atoms with Crippen molar-refractivity contribution in [1.29, 1.82) is 5.26 Å². The number of sulfonamides is 2. The number of nitriles is 1. The summed E-state index contributed by atoms with van der Waals surface area (Å²) in [5.74, 6) is 0.377. The molecule has 2 saturated carbocycles. The summed E-state index contributed by atoms with van der Waals surface area (Å²) in [5, 5.41) is 21.3. The molecule has 0 bridgehead atoms. The molecule has 2 aromatic heterocycles. The first kappa shape index (κ1) is 29.2. The summed E-state index contributed by atoms with van der Waals surface area (Å²) in [7, 11) is -7.66. The molecule has 1 N–H and O–H groups in total. The second-order valence-electron chi connectivity index (χ2n) is 11.3. The van der Waals surface area contributed by atoms with Crippen molar-refractivity contribution in [3.63, 3.8) is 0 Å². The first-order valence-electron chi connectivity index (χ1n) is 13.6. The second-order valence-corrected chi connectivity index (χ2v) is 16.5. The monoisotopic (exact) mass is 637 g/mol. The van der Waals surface area contributed by atoms with E-state index in [-0.39, 0.29) is 28.7 Å². The standard InChI is InChI=1S/C26H29F2N7O4S3/c1-15(2)42(38,39)34-9-5-17(6-10-34)19-11-18(41(36,37)33-26(14-29)7-8-26)12-20-21(24-30-31-25(40-24)23(27)28)32-35(22(19)20)13-16-3-4-16/h5,11-12,15-16,23,33H,3-4,6-10,13H2,1-2H3. The Kier molecular flexibility index (Phi) is 7.25. The zero-order valence-electron chi connectivity index (χ0n) is 22.9. The van der Waals surface area contributed by atoms with Crippen molar-refractivity contribution in [2.75, 3.05) is 13.1 Å². The van der Waals surface area contributed by atoms with Gasteiger partial charge < -0.3 is 0 Å². The van der Waals surface area contributed by atoms with E-state index in [4.69, 9.17) is 5.10 Å². The van der Waals surface area contributed by atoms with Crippen LogP contribution >= 0.6 is 11.3 Å². The third-order valence-corrected chi connectivity index (χ3v) is 12.5. The Morgan fingerprint density at radius 3 is 2.48 bits per heavy atom. The Morgan fingerprint density at radius 2 is 1.93 bits per heavy atom. The highest BCUT2D eigenvalue weighted by molar-refractivity contribution is 7.90. The summed E-state index contributed by atoms with van der Waals surface area (Å²) in [6, 6.07) is 5.02. The molecule has 224 valence electrons. The lowest BCUT2D eigenvalue weighted by atomic mass is 9.97. The number of nitrogens with one attached hydrogen (secondary N) is 1. The minimum absolute atomic E-state index is 0.101. The van der Waals surface area contributed by atoms with Crippen molar-refractivity contribution < 1.29 is 25.6 Å².